The van der Waals surface area contributed by atoms with Gasteiger partial charge in [0, 0.05) is 24.5 Å². The van der Waals surface area contributed by atoms with Gasteiger partial charge in [0.15, 0.2) is 0 Å². The van der Waals surface area contributed by atoms with E-state index in [1.54, 1.807) is 6.33 Å². The third-order valence-electron chi connectivity index (χ3n) is 2.75. The highest BCUT2D eigenvalue weighted by Gasteiger charge is 2.08. The summed E-state index contributed by atoms with van der Waals surface area (Å²) in [5, 5.41) is 3.46. The molecule has 3 nitrogen and oxygen atoms in total. The smallest absolute Gasteiger partial charge is 0.115 e. The lowest BCUT2D eigenvalue weighted by molar-refractivity contribution is 0.440. The molecule has 0 radical (unpaired) electrons. The highest BCUT2D eigenvalue weighted by Crippen LogP contribution is 2.16. The Morgan fingerprint density at radius 1 is 1.27 bits per heavy atom. The lowest BCUT2D eigenvalue weighted by Gasteiger charge is -2.17. The van der Waals surface area contributed by atoms with E-state index in [9.17, 15) is 0 Å². The van der Waals surface area contributed by atoms with Crippen LogP contribution in [-0.2, 0) is 6.54 Å². The van der Waals surface area contributed by atoms with E-state index in [0.29, 0.717) is 0 Å². The van der Waals surface area contributed by atoms with Crippen molar-refractivity contribution in [1.29, 1.82) is 0 Å². The average Bonchev–Trinajstić information content (AvgIpc) is 2.32. The van der Waals surface area contributed by atoms with Crippen molar-refractivity contribution in [2.24, 2.45) is 5.92 Å². The van der Waals surface area contributed by atoms with E-state index in [2.05, 4.69) is 27.4 Å². The van der Waals surface area contributed by atoms with Crippen molar-refractivity contribution in [3.05, 3.63) is 36.4 Å². The molecular formula is C12H17N3. The second kappa shape index (κ2) is 5.61. The zero-order valence-electron chi connectivity index (χ0n) is 8.89. The minimum Gasteiger partial charge on any atom is -0.312 e. The quantitative estimate of drug-likeness (QED) is 0.760. The summed E-state index contributed by atoms with van der Waals surface area (Å²) in [6.07, 6.45) is 13.6. The van der Waals surface area contributed by atoms with Crippen LogP contribution in [0, 0.1) is 5.92 Å². The van der Waals surface area contributed by atoms with Crippen molar-refractivity contribution >= 4 is 0 Å². The molecule has 0 saturated carbocycles. The standard InChI is InChI=1S/C12H17N3/c1-2-4-11(5-3-1)6-13-7-12-8-14-10-15-9-12/h1-2,8-11,13H,3-7H2. The number of nitrogens with one attached hydrogen (secondary N) is 1. The Morgan fingerprint density at radius 2 is 2.13 bits per heavy atom. The van der Waals surface area contributed by atoms with E-state index in [-0.39, 0.29) is 0 Å². The molecule has 1 heterocycles. The number of rotatable bonds is 4. The molecule has 0 amide bonds. The molecule has 0 fully saturated rings. The summed E-state index contributed by atoms with van der Waals surface area (Å²) in [5.74, 6) is 0.805. The van der Waals surface area contributed by atoms with Gasteiger partial charge in [-0.3, -0.25) is 0 Å². The fourth-order valence-corrected chi connectivity index (χ4v) is 1.88. The highest BCUT2D eigenvalue weighted by atomic mass is 14.9. The van der Waals surface area contributed by atoms with E-state index < -0.39 is 0 Å². The molecule has 2 rings (SSSR count). The van der Waals surface area contributed by atoms with Gasteiger partial charge in [-0.15, -0.1) is 0 Å². The Kier molecular flexibility index (Phi) is 3.85. The lowest BCUT2D eigenvalue weighted by Crippen LogP contribution is -2.23. The molecular weight excluding hydrogens is 186 g/mol. The summed E-state index contributed by atoms with van der Waals surface area (Å²) in [4.78, 5) is 7.98. The Balaban J connectivity index is 1.68. The van der Waals surface area contributed by atoms with Crippen LogP contribution in [0.4, 0.5) is 0 Å². The Labute approximate surface area is 90.6 Å². The first-order chi connectivity index (χ1) is 7.45. The Bertz CT molecular complexity index is 308. The summed E-state index contributed by atoms with van der Waals surface area (Å²) in [6.45, 7) is 1.97. The normalized spacial score (nSPS) is 20.4. The maximum atomic E-state index is 3.99. The average molecular weight is 203 g/mol. The third-order valence-corrected chi connectivity index (χ3v) is 2.75. The van der Waals surface area contributed by atoms with E-state index >= 15 is 0 Å². The van der Waals surface area contributed by atoms with Crippen molar-refractivity contribution in [2.75, 3.05) is 6.54 Å². The Hall–Kier alpha value is -1.22. The highest BCUT2D eigenvalue weighted by molar-refractivity contribution is 5.01. The fourth-order valence-electron chi connectivity index (χ4n) is 1.88. The summed E-state index contributed by atoms with van der Waals surface area (Å²) in [6, 6.07) is 0. The number of hydrogen-bond donors (Lipinski definition) is 1. The zero-order chi connectivity index (χ0) is 10.3. The fraction of sp³-hybridized carbons (Fsp3) is 0.500. The summed E-state index contributed by atoms with van der Waals surface area (Å²) in [7, 11) is 0. The summed E-state index contributed by atoms with van der Waals surface area (Å²) < 4.78 is 0. The predicted molar refractivity (Wildman–Crippen MR) is 60.2 cm³/mol. The van der Waals surface area contributed by atoms with Crippen molar-refractivity contribution in [3.63, 3.8) is 0 Å². The second-order valence-corrected chi connectivity index (χ2v) is 4.03. The van der Waals surface area contributed by atoms with Crippen LogP contribution in [0.5, 0.6) is 0 Å². The zero-order valence-corrected chi connectivity index (χ0v) is 8.89. The van der Waals surface area contributed by atoms with Gasteiger partial charge >= 0.3 is 0 Å². The molecule has 1 aliphatic rings. The molecule has 1 aromatic heterocycles. The van der Waals surface area contributed by atoms with Gasteiger partial charge in [0.2, 0.25) is 0 Å². The van der Waals surface area contributed by atoms with E-state index in [1.165, 1.54) is 19.3 Å². The second-order valence-electron chi connectivity index (χ2n) is 4.03. The molecule has 3 heteroatoms. The predicted octanol–water partition coefficient (Wildman–Crippen LogP) is 1.92. The topological polar surface area (TPSA) is 37.8 Å². The van der Waals surface area contributed by atoms with E-state index in [4.69, 9.17) is 0 Å². The van der Waals surface area contributed by atoms with Crippen LogP contribution >= 0.6 is 0 Å². The molecule has 1 aromatic rings. The van der Waals surface area contributed by atoms with Crippen molar-refractivity contribution < 1.29 is 0 Å². The third kappa shape index (κ3) is 3.44. The summed E-state index contributed by atoms with van der Waals surface area (Å²) >= 11 is 0. The molecule has 0 bridgehead atoms. The maximum absolute atomic E-state index is 3.99. The van der Waals surface area contributed by atoms with Gasteiger partial charge in [0.25, 0.3) is 0 Å². The molecule has 1 aliphatic carbocycles. The molecule has 1 N–H and O–H groups in total. The molecule has 0 spiro atoms. The minimum atomic E-state index is 0.805. The van der Waals surface area contributed by atoms with Crippen LogP contribution in [0.3, 0.4) is 0 Å². The van der Waals surface area contributed by atoms with Crippen molar-refractivity contribution in [1.82, 2.24) is 15.3 Å². The molecule has 1 atom stereocenters. The molecule has 1 unspecified atom stereocenters. The number of hydrogen-bond acceptors (Lipinski definition) is 3. The van der Waals surface area contributed by atoms with Crippen LogP contribution in [0.1, 0.15) is 24.8 Å². The molecule has 0 saturated heterocycles. The lowest BCUT2D eigenvalue weighted by atomic mass is 9.94. The molecule has 0 aliphatic heterocycles. The molecule has 80 valence electrons. The van der Waals surface area contributed by atoms with Crippen LogP contribution in [-0.4, -0.2) is 16.5 Å². The van der Waals surface area contributed by atoms with Gasteiger partial charge in [0.1, 0.15) is 6.33 Å². The van der Waals surface area contributed by atoms with Gasteiger partial charge < -0.3 is 5.32 Å². The number of aromatic nitrogens is 2. The van der Waals surface area contributed by atoms with Gasteiger partial charge in [0.05, 0.1) is 0 Å². The molecule has 0 aromatic carbocycles. The first-order valence-electron chi connectivity index (χ1n) is 5.55. The van der Waals surface area contributed by atoms with Crippen molar-refractivity contribution in [3.8, 4) is 0 Å². The first kappa shape index (κ1) is 10.3. The first-order valence-corrected chi connectivity index (χ1v) is 5.55. The Morgan fingerprint density at radius 3 is 2.87 bits per heavy atom. The van der Waals surface area contributed by atoms with Crippen LogP contribution < -0.4 is 5.32 Å². The summed E-state index contributed by atoms with van der Waals surface area (Å²) in [5.41, 5.74) is 1.16. The number of allylic oxidation sites excluding steroid dienone is 2. The minimum absolute atomic E-state index is 0.805. The monoisotopic (exact) mass is 203 g/mol. The SMILES string of the molecule is C1=CCC(CNCc2cncnc2)CC1. The number of nitrogens with zero attached hydrogens (tertiary/aromatic N) is 2. The van der Waals surface area contributed by atoms with Crippen LogP contribution in [0.2, 0.25) is 0 Å². The van der Waals surface area contributed by atoms with Crippen molar-refractivity contribution in [2.45, 2.75) is 25.8 Å². The van der Waals surface area contributed by atoms with Crippen LogP contribution in [0.25, 0.3) is 0 Å². The van der Waals surface area contributed by atoms with Gasteiger partial charge in [-0.2, -0.15) is 0 Å². The molecule has 15 heavy (non-hydrogen) atoms. The van der Waals surface area contributed by atoms with Gasteiger partial charge in [-0.1, -0.05) is 12.2 Å². The van der Waals surface area contributed by atoms with Gasteiger partial charge in [-0.25, -0.2) is 9.97 Å². The largest absolute Gasteiger partial charge is 0.312 e. The van der Waals surface area contributed by atoms with E-state index in [1.807, 2.05) is 12.4 Å². The van der Waals surface area contributed by atoms with Crippen LogP contribution in [0.15, 0.2) is 30.9 Å². The van der Waals surface area contributed by atoms with E-state index in [0.717, 1.165) is 24.6 Å². The van der Waals surface area contributed by atoms with Gasteiger partial charge in [-0.05, 0) is 31.7 Å². The maximum Gasteiger partial charge on any atom is 0.115 e.